The molecule has 0 heterocycles. The topological polar surface area (TPSA) is 66.4 Å². The molecule has 0 spiro atoms. The van der Waals surface area contributed by atoms with E-state index in [1.807, 2.05) is 0 Å². The van der Waals surface area contributed by atoms with Crippen molar-refractivity contribution in [2.45, 2.75) is 51.9 Å². The zero-order valence-electron chi connectivity index (χ0n) is 11.1. The van der Waals surface area contributed by atoms with Gasteiger partial charge in [-0.1, -0.05) is 18.6 Å². The van der Waals surface area contributed by atoms with Crippen molar-refractivity contribution in [2.24, 2.45) is 5.92 Å². The van der Waals surface area contributed by atoms with Gasteiger partial charge in [-0.25, -0.2) is 0 Å². The third-order valence-electron chi connectivity index (χ3n) is 3.21. The van der Waals surface area contributed by atoms with Gasteiger partial charge in [0.2, 0.25) is 5.91 Å². The van der Waals surface area contributed by atoms with Gasteiger partial charge in [-0.15, -0.1) is 0 Å². The van der Waals surface area contributed by atoms with Gasteiger partial charge in [0.15, 0.2) is 0 Å². The number of nitrogens with one attached hydrogen (secondary N) is 1. The molecule has 18 heavy (non-hydrogen) atoms. The normalized spacial score (nSPS) is 16.8. The standard InChI is InChI=1S/C14H23NO3/c1-11(10-14(17)18)9-13(16)15-8-7-12-5-3-2-4-6-12/h5,11H,2-4,6-10H2,1H3,(H,15,16)(H,17,18)/t11-/m0/s1. The number of carboxylic acid groups (broad SMARTS) is 1. The van der Waals surface area contributed by atoms with Crippen LogP contribution in [-0.4, -0.2) is 23.5 Å². The van der Waals surface area contributed by atoms with E-state index in [1.165, 1.54) is 24.8 Å². The number of amides is 1. The van der Waals surface area contributed by atoms with Gasteiger partial charge < -0.3 is 10.4 Å². The fourth-order valence-corrected chi connectivity index (χ4v) is 2.25. The Hall–Kier alpha value is -1.32. The Balaban J connectivity index is 2.13. The molecule has 0 saturated heterocycles. The molecule has 0 aromatic carbocycles. The predicted molar refractivity (Wildman–Crippen MR) is 70.2 cm³/mol. The molecule has 4 nitrogen and oxygen atoms in total. The summed E-state index contributed by atoms with van der Waals surface area (Å²) in [5.41, 5.74) is 1.44. The van der Waals surface area contributed by atoms with Crippen LogP contribution in [0, 0.1) is 5.92 Å². The summed E-state index contributed by atoms with van der Waals surface area (Å²) < 4.78 is 0. The summed E-state index contributed by atoms with van der Waals surface area (Å²) in [7, 11) is 0. The van der Waals surface area contributed by atoms with Crippen LogP contribution >= 0.6 is 0 Å². The maximum atomic E-state index is 11.6. The highest BCUT2D eigenvalue weighted by atomic mass is 16.4. The van der Waals surface area contributed by atoms with Gasteiger partial charge in [0.25, 0.3) is 0 Å². The maximum absolute atomic E-state index is 11.6. The lowest BCUT2D eigenvalue weighted by atomic mass is 9.97. The second-order valence-electron chi connectivity index (χ2n) is 5.12. The molecule has 1 amide bonds. The smallest absolute Gasteiger partial charge is 0.303 e. The second-order valence-corrected chi connectivity index (χ2v) is 5.12. The minimum absolute atomic E-state index is 0.0415. The van der Waals surface area contributed by atoms with Crippen molar-refractivity contribution in [3.05, 3.63) is 11.6 Å². The number of allylic oxidation sites excluding steroid dienone is 1. The summed E-state index contributed by atoms with van der Waals surface area (Å²) in [6.45, 7) is 2.46. The lowest BCUT2D eigenvalue weighted by molar-refractivity contribution is -0.138. The molecule has 0 radical (unpaired) electrons. The lowest BCUT2D eigenvalue weighted by Gasteiger charge is -2.13. The van der Waals surface area contributed by atoms with Crippen LogP contribution in [0.3, 0.4) is 0 Å². The first kappa shape index (κ1) is 14.7. The van der Waals surface area contributed by atoms with Gasteiger partial charge >= 0.3 is 5.97 Å². The average Bonchev–Trinajstić information content (AvgIpc) is 2.29. The third kappa shape index (κ3) is 6.42. The fraction of sp³-hybridized carbons (Fsp3) is 0.714. The second kappa shape index (κ2) is 7.90. The van der Waals surface area contributed by atoms with E-state index >= 15 is 0 Å². The van der Waals surface area contributed by atoms with Crippen LogP contribution in [-0.2, 0) is 9.59 Å². The third-order valence-corrected chi connectivity index (χ3v) is 3.21. The molecule has 1 aliphatic carbocycles. The first-order chi connectivity index (χ1) is 8.58. The summed E-state index contributed by atoms with van der Waals surface area (Å²) >= 11 is 0. The number of hydrogen-bond donors (Lipinski definition) is 2. The number of hydrogen-bond acceptors (Lipinski definition) is 2. The Morgan fingerprint density at radius 2 is 2.17 bits per heavy atom. The molecular weight excluding hydrogens is 230 g/mol. The maximum Gasteiger partial charge on any atom is 0.303 e. The highest BCUT2D eigenvalue weighted by Crippen LogP contribution is 2.19. The molecule has 0 saturated carbocycles. The van der Waals surface area contributed by atoms with Gasteiger partial charge in [-0.05, 0) is 38.0 Å². The lowest BCUT2D eigenvalue weighted by Crippen LogP contribution is -2.26. The summed E-state index contributed by atoms with van der Waals surface area (Å²) in [6.07, 6.45) is 8.42. The van der Waals surface area contributed by atoms with Crippen LogP contribution in [0.15, 0.2) is 11.6 Å². The molecule has 1 atom stereocenters. The van der Waals surface area contributed by atoms with E-state index in [4.69, 9.17) is 5.11 Å². The molecular formula is C14H23NO3. The minimum Gasteiger partial charge on any atom is -0.481 e. The first-order valence-electron chi connectivity index (χ1n) is 6.74. The summed E-state index contributed by atoms with van der Waals surface area (Å²) in [6, 6.07) is 0. The highest BCUT2D eigenvalue weighted by Gasteiger charge is 2.12. The minimum atomic E-state index is -0.845. The van der Waals surface area contributed by atoms with E-state index in [0.29, 0.717) is 13.0 Å². The molecule has 1 aliphatic rings. The fourth-order valence-electron chi connectivity index (χ4n) is 2.25. The van der Waals surface area contributed by atoms with Gasteiger partial charge in [-0.3, -0.25) is 9.59 Å². The molecule has 0 bridgehead atoms. The molecule has 102 valence electrons. The quantitative estimate of drug-likeness (QED) is 0.685. The van der Waals surface area contributed by atoms with Crippen LogP contribution in [0.1, 0.15) is 51.9 Å². The van der Waals surface area contributed by atoms with E-state index in [9.17, 15) is 9.59 Å². The number of rotatable bonds is 7. The Morgan fingerprint density at radius 3 is 2.78 bits per heavy atom. The predicted octanol–water partition coefficient (Wildman–Crippen LogP) is 2.49. The van der Waals surface area contributed by atoms with Gasteiger partial charge in [0.1, 0.15) is 0 Å². The highest BCUT2D eigenvalue weighted by molar-refractivity contribution is 5.77. The van der Waals surface area contributed by atoms with Crippen LogP contribution in [0.25, 0.3) is 0 Å². The van der Waals surface area contributed by atoms with Crippen molar-refractivity contribution in [1.82, 2.24) is 5.32 Å². The summed E-state index contributed by atoms with van der Waals surface area (Å²) in [4.78, 5) is 22.0. The molecule has 4 heteroatoms. The Bertz CT molecular complexity index is 323. The Kier molecular flexibility index (Phi) is 6.47. The van der Waals surface area contributed by atoms with Crippen molar-refractivity contribution < 1.29 is 14.7 Å². The zero-order chi connectivity index (χ0) is 13.4. The number of carbonyl (C=O) groups excluding carboxylic acids is 1. The van der Waals surface area contributed by atoms with Crippen molar-refractivity contribution in [2.75, 3.05) is 6.54 Å². The molecule has 0 aromatic rings. The van der Waals surface area contributed by atoms with E-state index in [2.05, 4.69) is 11.4 Å². The van der Waals surface area contributed by atoms with Crippen molar-refractivity contribution in [1.29, 1.82) is 0 Å². The molecule has 0 fully saturated rings. The zero-order valence-corrected chi connectivity index (χ0v) is 11.1. The van der Waals surface area contributed by atoms with Crippen LogP contribution in [0.2, 0.25) is 0 Å². The van der Waals surface area contributed by atoms with E-state index in [-0.39, 0.29) is 18.2 Å². The molecule has 1 rings (SSSR count). The van der Waals surface area contributed by atoms with Crippen molar-refractivity contribution in [3.63, 3.8) is 0 Å². The van der Waals surface area contributed by atoms with E-state index < -0.39 is 5.97 Å². The molecule has 0 unspecified atom stereocenters. The Morgan fingerprint density at radius 1 is 1.39 bits per heavy atom. The molecule has 0 aromatic heterocycles. The number of carbonyl (C=O) groups is 2. The van der Waals surface area contributed by atoms with E-state index in [0.717, 1.165) is 12.8 Å². The number of aliphatic carboxylic acids is 1. The van der Waals surface area contributed by atoms with Crippen molar-refractivity contribution in [3.8, 4) is 0 Å². The summed E-state index contributed by atoms with van der Waals surface area (Å²) in [5.74, 6) is -0.987. The monoisotopic (exact) mass is 253 g/mol. The largest absolute Gasteiger partial charge is 0.481 e. The summed E-state index contributed by atoms with van der Waals surface area (Å²) in [5, 5.41) is 11.5. The Labute approximate surface area is 108 Å². The number of carboxylic acids is 1. The van der Waals surface area contributed by atoms with Crippen LogP contribution in [0.5, 0.6) is 0 Å². The van der Waals surface area contributed by atoms with Gasteiger partial charge in [0.05, 0.1) is 0 Å². The van der Waals surface area contributed by atoms with Gasteiger partial charge in [0, 0.05) is 19.4 Å². The molecule has 0 aliphatic heterocycles. The van der Waals surface area contributed by atoms with Gasteiger partial charge in [-0.2, -0.15) is 0 Å². The SMILES string of the molecule is C[C@H](CC(=O)O)CC(=O)NCCC1=CCCCC1. The average molecular weight is 253 g/mol. The van der Waals surface area contributed by atoms with E-state index in [1.54, 1.807) is 6.92 Å². The van der Waals surface area contributed by atoms with Crippen LogP contribution < -0.4 is 5.32 Å². The van der Waals surface area contributed by atoms with Crippen molar-refractivity contribution >= 4 is 11.9 Å². The van der Waals surface area contributed by atoms with Crippen LogP contribution in [0.4, 0.5) is 0 Å². The first-order valence-corrected chi connectivity index (χ1v) is 6.74. The molecule has 2 N–H and O–H groups in total.